The smallest absolute Gasteiger partial charge is 0.164 e. The molecular formula is C14H18N2O4. The first-order chi connectivity index (χ1) is 9.55. The van der Waals surface area contributed by atoms with E-state index in [0.717, 1.165) is 11.3 Å². The summed E-state index contributed by atoms with van der Waals surface area (Å²) in [7, 11) is 0. The maximum absolute atomic E-state index is 6.10. The van der Waals surface area contributed by atoms with Crippen LogP contribution in [0.1, 0.15) is 38.1 Å². The molecule has 3 aliphatic rings. The summed E-state index contributed by atoms with van der Waals surface area (Å²) in [6.45, 7) is 6.34. The molecule has 0 saturated carbocycles. The molecule has 5 atom stereocenters. The first-order valence-electron chi connectivity index (χ1n) is 6.97. The van der Waals surface area contributed by atoms with Crippen LogP contribution in [0.3, 0.4) is 0 Å². The Hall–Kier alpha value is -1.08. The Kier molecular flexibility index (Phi) is 2.66. The van der Waals surface area contributed by atoms with Crippen molar-refractivity contribution in [2.45, 2.75) is 63.7 Å². The number of hydrogen-bond acceptors (Lipinski definition) is 6. The van der Waals surface area contributed by atoms with Gasteiger partial charge in [0, 0.05) is 11.8 Å². The van der Waals surface area contributed by atoms with Gasteiger partial charge >= 0.3 is 0 Å². The first kappa shape index (κ1) is 12.6. The zero-order valence-corrected chi connectivity index (χ0v) is 11.8. The quantitative estimate of drug-likeness (QED) is 0.714. The third-order valence-corrected chi connectivity index (χ3v) is 4.13. The number of rotatable bonds is 0. The van der Waals surface area contributed by atoms with Crippen LogP contribution < -0.4 is 0 Å². The van der Waals surface area contributed by atoms with Crippen LogP contribution >= 0.6 is 0 Å². The van der Waals surface area contributed by atoms with Crippen molar-refractivity contribution < 1.29 is 18.9 Å². The van der Waals surface area contributed by atoms with Gasteiger partial charge < -0.3 is 18.9 Å². The summed E-state index contributed by atoms with van der Waals surface area (Å²) in [6, 6.07) is 0. The number of hydrogen-bond donors (Lipinski definition) is 0. The Morgan fingerprint density at radius 3 is 2.85 bits per heavy atom. The highest BCUT2D eigenvalue weighted by atomic mass is 16.8. The molecule has 0 N–H and O–H groups in total. The monoisotopic (exact) mass is 278 g/mol. The van der Waals surface area contributed by atoms with Crippen LogP contribution in [-0.2, 0) is 25.6 Å². The third kappa shape index (κ3) is 1.79. The molecule has 3 aliphatic heterocycles. The topological polar surface area (TPSA) is 62.7 Å². The lowest BCUT2D eigenvalue weighted by Crippen LogP contribution is -2.54. The SMILES string of the molecule is C[C@H]1OC2c3ncncc3CO[C@@H]2[C@H]2OC(C)(C)O[C@H]21. The van der Waals surface area contributed by atoms with Crippen LogP contribution in [0.15, 0.2) is 12.5 Å². The van der Waals surface area contributed by atoms with Gasteiger partial charge in [0.1, 0.15) is 30.7 Å². The van der Waals surface area contributed by atoms with E-state index in [1.165, 1.54) is 0 Å². The predicted octanol–water partition coefficient (Wildman–Crippen LogP) is 1.36. The molecule has 1 unspecified atom stereocenters. The largest absolute Gasteiger partial charge is 0.367 e. The van der Waals surface area contributed by atoms with E-state index in [4.69, 9.17) is 18.9 Å². The summed E-state index contributed by atoms with van der Waals surface area (Å²) in [5.74, 6) is -0.600. The average Bonchev–Trinajstić information content (AvgIpc) is 2.75. The van der Waals surface area contributed by atoms with Gasteiger partial charge in [-0.15, -0.1) is 0 Å². The van der Waals surface area contributed by atoms with E-state index < -0.39 is 5.79 Å². The maximum atomic E-state index is 6.10. The third-order valence-electron chi connectivity index (χ3n) is 4.13. The van der Waals surface area contributed by atoms with Crippen molar-refractivity contribution in [2.24, 2.45) is 0 Å². The number of aromatic nitrogens is 2. The van der Waals surface area contributed by atoms with Gasteiger partial charge in [0.25, 0.3) is 0 Å². The number of fused-ring (bicyclic) bond motifs is 5. The lowest BCUT2D eigenvalue weighted by molar-refractivity contribution is -0.214. The van der Waals surface area contributed by atoms with Gasteiger partial charge in [-0.3, -0.25) is 0 Å². The van der Waals surface area contributed by atoms with Gasteiger partial charge in [-0.05, 0) is 20.8 Å². The van der Waals surface area contributed by atoms with E-state index in [1.54, 1.807) is 12.5 Å². The van der Waals surface area contributed by atoms with Crippen molar-refractivity contribution in [3.8, 4) is 0 Å². The molecule has 108 valence electrons. The van der Waals surface area contributed by atoms with E-state index in [2.05, 4.69) is 9.97 Å². The Morgan fingerprint density at radius 2 is 2.00 bits per heavy atom. The molecule has 0 aliphatic carbocycles. The van der Waals surface area contributed by atoms with E-state index in [0.29, 0.717) is 6.61 Å². The lowest BCUT2D eigenvalue weighted by atomic mass is 9.91. The van der Waals surface area contributed by atoms with Crippen LogP contribution in [0.5, 0.6) is 0 Å². The zero-order valence-electron chi connectivity index (χ0n) is 11.8. The second-order valence-corrected chi connectivity index (χ2v) is 6.04. The molecule has 1 aromatic rings. The Morgan fingerprint density at radius 1 is 1.20 bits per heavy atom. The standard InChI is InChI=1S/C14H18N2O4/c1-7-10-13(20-14(2,3)19-10)12-11(18-7)9-8(5-17-12)4-15-6-16-9/h4,6-7,10-13H,5H2,1-3H3/t7-,10+,11?,12+,13+/m1/s1. The van der Waals surface area contributed by atoms with Crippen molar-refractivity contribution in [1.82, 2.24) is 9.97 Å². The second-order valence-electron chi connectivity index (χ2n) is 6.04. The summed E-state index contributed by atoms with van der Waals surface area (Å²) in [6.07, 6.45) is 2.66. The molecule has 2 saturated heterocycles. The van der Waals surface area contributed by atoms with E-state index in [9.17, 15) is 0 Å². The maximum Gasteiger partial charge on any atom is 0.164 e. The number of nitrogens with zero attached hydrogens (tertiary/aromatic N) is 2. The lowest BCUT2D eigenvalue weighted by Gasteiger charge is -2.43. The molecule has 0 radical (unpaired) electrons. The molecule has 0 aromatic carbocycles. The summed E-state index contributed by atoms with van der Waals surface area (Å²) < 4.78 is 24.0. The van der Waals surface area contributed by atoms with Gasteiger partial charge in [-0.25, -0.2) is 9.97 Å². The fraction of sp³-hybridized carbons (Fsp3) is 0.714. The molecule has 0 amide bonds. The normalized spacial score (nSPS) is 41.6. The van der Waals surface area contributed by atoms with Crippen molar-refractivity contribution >= 4 is 0 Å². The van der Waals surface area contributed by atoms with E-state index >= 15 is 0 Å². The van der Waals surface area contributed by atoms with Gasteiger partial charge in [-0.2, -0.15) is 0 Å². The highest BCUT2D eigenvalue weighted by Crippen LogP contribution is 2.45. The summed E-state index contributed by atoms with van der Waals surface area (Å²) in [5, 5.41) is 0. The highest BCUT2D eigenvalue weighted by Gasteiger charge is 2.56. The number of ether oxygens (including phenoxy) is 4. The molecule has 2 fully saturated rings. The molecular weight excluding hydrogens is 260 g/mol. The molecule has 4 rings (SSSR count). The molecule has 0 bridgehead atoms. The van der Waals surface area contributed by atoms with Crippen molar-refractivity contribution in [3.05, 3.63) is 23.8 Å². The molecule has 4 heterocycles. The van der Waals surface area contributed by atoms with E-state index in [1.807, 2.05) is 20.8 Å². The molecule has 0 spiro atoms. The molecule has 1 aromatic heterocycles. The van der Waals surface area contributed by atoms with Gasteiger partial charge in [0.15, 0.2) is 5.79 Å². The van der Waals surface area contributed by atoms with Crippen LogP contribution in [0.2, 0.25) is 0 Å². The second kappa shape index (κ2) is 4.21. The zero-order chi connectivity index (χ0) is 13.9. The minimum absolute atomic E-state index is 0.0625. The van der Waals surface area contributed by atoms with Crippen molar-refractivity contribution in [2.75, 3.05) is 0 Å². The summed E-state index contributed by atoms with van der Waals surface area (Å²) in [4.78, 5) is 8.42. The average molecular weight is 278 g/mol. The van der Waals surface area contributed by atoms with Crippen molar-refractivity contribution in [1.29, 1.82) is 0 Å². The summed E-state index contributed by atoms with van der Waals surface area (Å²) in [5.41, 5.74) is 1.90. The van der Waals surface area contributed by atoms with Gasteiger partial charge in [0.05, 0.1) is 18.4 Å². The Bertz CT molecular complexity index is 536. The summed E-state index contributed by atoms with van der Waals surface area (Å²) >= 11 is 0. The van der Waals surface area contributed by atoms with Crippen LogP contribution in [0.4, 0.5) is 0 Å². The van der Waals surface area contributed by atoms with Gasteiger partial charge in [-0.1, -0.05) is 0 Å². The van der Waals surface area contributed by atoms with Crippen molar-refractivity contribution in [3.63, 3.8) is 0 Å². The molecule has 20 heavy (non-hydrogen) atoms. The van der Waals surface area contributed by atoms with Crippen LogP contribution in [-0.4, -0.2) is 40.2 Å². The Labute approximate surface area is 117 Å². The predicted molar refractivity (Wildman–Crippen MR) is 67.7 cm³/mol. The van der Waals surface area contributed by atoms with Crippen LogP contribution in [0, 0.1) is 0 Å². The molecule has 6 nitrogen and oxygen atoms in total. The minimum atomic E-state index is -0.600. The fourth-order valence-electron chi connectivity index (χ4n) is 3.32. The van der Waals surface area contributed by atoms with Gasteiger partial charge in [0.2, 0.25) is 0 Å². The van der Waals surface area contributed by atoms with Crippen LogP contribution in [0.25, 0.3) is 0 Å². The minimum Gasteiger partial charge on any atom is -0.367 e. The first-order valence-corrected chi connectivity index (χ1v) is 6.97. The fourth-order valence-corrected chi connectivity index (χ4v) is 3.32. The Balaban J connectivity index is 1.71. The molecule has 6 heteroatoms. The van der Waals surface area contributed by atoms with E-state index in [-0.39, 0.29) is 30.5 Å². The highest BCUT2D eigenvalue weighted by molar-refractivity contribution is 5.23.